The number of hydrogen-bond donors (Lipinski definition) is 2. The molecule has 0 fully saturated rings. The van der Waals surface area contributed by atoms with E-state index in [9.17, 15) is 0 Å². The molecule has 1 aromatic rings. The zero-order valence-electron chi connectivity index (χ0n) is 8.82. The van der Waals surface area contributed by atoms with Crippen molar-refractivity contribution < 1.29 is 4.74 Å². The van der Waals surface area contributed by atoms with E-state index in [2.05, 4.69) is 5.32 Å². The van der Waals surface area contributed by atoms with Gasteiger partial charge in [-0.2, -0.15) is 0 Å². The average Bonchev–Trinajstić information content (AvgIpc) is 2.25. The fourth-order valence-electron chi connectivity index (χ4n) is 1.29. The standard InChI is InChI=1S/C11H16N2OS/c1-14-8-4-7-13-10-6-3-2-5-9(10)11(12)15/h2-3,5-6,13H,4,7-8H2,1H3,(H2,12,15). The highest BCUT2D eigenvalue weighted by atomic mass is 32.1. The van der Waals surface area contributed by atoms with Gasteiger partial charge in [0.25, 0.3) is 0 Å². The van der Waals surface area contributed by atoms with Gasteiger partial charge in [-0.05, 0) is 18.6 Å². The Balaban J connectivity index is 2.56. The van der Waals surface area contributed by atoms with Crippen LogP contribution < -0.4 is 11.1 Å². The Morgan fingerprint density at radius 2 is 2.20 bits per heavy atom. The van der Waals surface area contributed by atoms with Gasteiger partial charge in [0.1, 0.15) is 4.99 Å². The maximum atomic E-state index is 5.61. The zero-order valence-corrected chi connectivity index (χ0v) is 9.64. The Labute approximate surface area is 95.6 Å². The summed E-state index contributed by atoms with van der Waals surface area (Å²) in [5, 5.41) is 3.28. The van der Waals surface area contributed by atoms with Gasteiger partial charge in [-0.1, -0.05) is 24.4 Å². The summed E-state index contributed by atoms with van der Waals surface area (Å²) in [5.41, 5.74) is 7.49. The third-order valence-corrected chi connectivity index (χ3v) is 2.25. The van der Waals surface area contributed by atoms with E-state index in [-0.39, 0.29) is 0 Å². The maximum absolute atomic E-state index is 5.61. The molecule has 3 nitrogen and oxygen atoms in total. The number of benzene rings is 1. The summed E-state index contributed by atoms with van der Waals surface area (Å²) < 4.78 is 4.97. The number of anilines is 1. The topological polar surface area (TPSA) is 47.3 Å². The van der Waals surface area contributed by atoms with Crippen molar-refractivity contribution in [3.8, 4) is 0 Å². The highest BCUT2D eigenvalue weighted by Crippen LogP contribution is 2.14. The first kappa shape index (κ1) is 11.9. The number of thiocarbonyl (C=S) groups is 1. The van der Waals surface area contributed by atoms with Crippen LogP contribution in [0.15, 0.2) is 24.3 Å². The maximum Gasteiger partial charge on any atom is 0.106 e. The van der Waals surface area contributed by atoms with Crippen molar-refractivity contribution >= 4 is 22.9 Å². The van der Waals surface area contributed by atoms with Crippen molar-refractivity contribution in [3.05, 3.63) is 29.8 Å². The molecule has 0 aliphatic heterocycles. The molecule has 3 N–H and O–H groups in total. The van der Waals surface area contributed by atoms with Crippen LogP contribution in [0.3, 0.4) is 0 Å². The molecule has 0 aromatic heterocycles. The SMILES string of the molecule is COCCCNc1ccccc1C(N)=S. The second kappa shape index (κ2) is 6.37. The van der Waals surface area contributed by atoms with Gasteiger partial charge >= 0.3 is 0 Å². The van der Waals surface area contributed by atoms with Gasteiger partial charge in [-0.3, -0.25) is 0 Å². The smallest absolute Gasteiger partial charge is 0.106 e. The summed E-state index contributed by atoms with van der Waals surface area (Å²) in [4.78, 5) is 0.421. The highest BCUT2D eigenvalue weighted by molar-refractivity contribution is 7.80. The van der Waals surface area contributed by atoms with E-state index >= 15 is 0 Å². The first-order chi connectivity index (χ1) is 7.25. The van der Waals surface area contributed by atoms with Gasteiger partial charge in [-0.15, -0.1) is 0 Å². The third-order valence-electron chi connectivity index (χ3n) is 2.03. The largest absolute Gasteiger partial charge is 0.389 e. The molecule has 0 saturated carbocycles. The molecule has 0 bridgehead atoms. The minimum atomic E-state index is 0.421. The van der Waals surface area contributed by atoms with E-state index < -0.39 is 0 Å². The van der Waals surface area contributed by atoms with E-state index in [4.69, 9.17) is 22.7 Å². The molecule has 0 amide bonds. The zero-order chi connectivity index (χ0) is 11.1. The number of hydrogen-bond acceptors (Lipinski definition) is 3. The minimum Gasteiger partial charge on any atom is -0.389 e. The van der Waals surface area contributed by atoms with Gasteiger partial charge in [-0.25, -0.2) is 0 Å². The Morgan fingerprint density at radius 1 is 1.47 bits per heavy atom. The van der Waals surface area contributed by atoms with Crippen LogP contribution in [0.4, 0.5) is 5.69 Å². The lowest BCUT2D eigenvalue weighted by molar-refractivity contribution is 0.198. The van der Waals surface area contributed by atoms with Crippen LogP contribution in [0.1, 0.15) is 12.0 Å². The fraction of sp³-hybridized carbons (Fsp3) is 0.364. The fourth-order valence-corrected chi connectivity index (χ4v) is 1.47. The van der Waals surface area contributed by atoms with Crippen LogP contribution >= 0.6 is 12.2 Å². The van der Waals surface area contributed by atoms with Crippen molar-refractivity contribution in [2.45, 2.75) is 6.42 Å². The number of methoxy groups -OCH3 is 1. The molecule has 1 aromatic carbocycles. The van der Waals surface area contributed by atoms with Gasteiger partial charge in [0.15, 0.2) is 0 Å². The lowest BCUT2D eigenvalue weighted by atomic mass is 10.2. The Hall–Kier alpha value is -1.13. The summed E-state index contributed by atoms with van der Waals surface area (Å²) in [6, 6.07) is 7.78. The Kier molecular flexibility index (Phi) is 5.07. The van der Waals surface area contributed by atoms with Gasteiger partial charge in [0.2, 0.25) is 0 Å². The van der Waals surface area contributed by atoms with E-state index in [0.717, 1.165) is 30.8 Å². The molecule has 0 saturated heterocycles. The molecule has 0 spiro atoms. The first-order valence-electron chi connectivity index (χ1n) is 4.87. The van der Waals surface area contributed by atoms with Crippen molar-refractivity contribution in [2.24, 2.45) is 5.73 Å². The molecular weight excluding hydrogens is 208 g/mol. The lowest BCUT2D eigenvalue weighted by Crippen LogP contribution is -2.14. The predicted molar refractivity (Wildman–Crippen MR) is 67.3 cm³/mol. The molecule has 0 atom stereocenters. The molecule has 1 rings (SSSR count). The minimum absolute atomic E-state index is 0.421. The molecule has 82 valence electrons. The third kappa shape index (κ3) is 3.85. The number of ether oxygens (including phenoxy) is 1. The van der Waals surface area contributed by atoms with Crippen LogP contribution in [0, 0.1) is 0 Å². The monoisotopic (exact) mass is 224 g/mol. The van der Waals surface area contributed by atoms with Crippen molar-refractivity contribution in [1.82, 2.24) is 0 Å². The van der Waals surface area contributed by atoms with Crippen LogP contribution in [-0.4, -0.2) is 25.2 Å². The number of nitrogens with two attached hydrogens (primary N) is 1. The van der Waals surface area contributed by atoms with Crippen LogP contribution in [0.25, 0.3) is 0 Å². The summed E-state index contributed by atoms with van der Waals surface area (Å²) in [6.07, 6.45) is 0.960. The molecular formula is C11H16N2OS. The van der Waals surface area contributed by atoms with Gasteiger partial charge in [0, 0.05) is 31.5 Å². The first-order valence-corrected chi connectivity index (χ1v) is 5.28. The molecule has 0 heterocycles. The molecule has 0 unspecified atom stereocenters. The summed E-state index contributed by atoms with van der Waals surface area (Å²) in [6.45, 7) is 1.61. The quantitative estimate of drug-likeness (QED) is 0.571. The summed E-state index contributed by atoms with van der Waals surface area (Å²) >= 11 is 4.96. The van der Waals surface area contributed by atoms with Crippen LogP contribution in [-0.2, 0) is 4.74 Å². The van der Waals surface area contributed by atoms with Crippen LogP contribution in [0.5, 0.6) is 0 Å². The van der Waals surface area contributed by atoms with Crippen molar-refractivity contribution in [3.63, 3.8) is 0 Å². The highest BCUT2D eigenvalue weighted by Gasteiger charge is 2.02. The van der Waals surface area contributed by atoms with E-state index in [1.807, 2.05) is 24.3 Å². The molecule has 0 aliphatic carbocycles. The van der Waals surface area contributed by atoms with Crippen molar-refractivity contribution in [2.75, 3.05) is 25.6 Å². The second-order valence-electron chi connectivity index (χ2n) is 3.18. The summed E-state index contributed by atoms with van der Waals surface area (Å²) in [5.74, 6) is 0. The van der Waals surface area contributed by atoms with Crippen LogP contribution in [0.2, 0.25) is 0 Å². The number of rotatable bonds is 6. The van der Waals surface area contributed by atoms with E-state index in [1.54, 1.807) is 7.11 Å². The summed E-state index contributed by atoms with van der Waals surface area (Å²) in [7, 11) is 1.70. The molecule has 0 aliphatic rings. The predicted octanol–water partition coefficient (Wildman–Crippen LogP) is 1.77. The van der Waals surface area contributed by atoms with Gasteiger partial charge in [0.05, 0.1) is 0 Å². The van der Waals surface area contributed by atoms with Gasteiger partial charge < -0.3 is 15.8 Å². The van der Waals surface area contributed by atoms with E-state index in [1.165, 1.54) is 0 Å². The van der Waals surface area contributed by atoms with Crippen molar-refractivity contribution in [1.29, 1.82) is 0 Å². The number of para-hydroxylation sites is 1. The average molecular weight is 224 g/mol. The van der Waals surface area contributed by atoms with E-state index in [0.29, 0.717) is 4.99 Å². The second-order valence-corrected chi connectivity index (χ2v) is 3.62. The Bertz CT molecular complexity index is 328. The molecule has 15 heavy (non-hydrogen) atoms. The molecule has 0 radical (unpaired) electrons. The molecule has 4 heteroatoms. The Morgan fingerprint density at radius 3 is 2.87 bits per heavy atom. The number of nitrogens with one attached hydrogen (secondary N) is 1. The normalized spacial score (nSPS) is 9.93. The lowest BCUT2D eigenvalue weighted by Gasteiger charge is -2.10.